The Hall–Kier alpha value is -0.780. The van der Waals surface area contributed by atoms with Crippen molar-refractivity contribution >= 4 is 0 Å². The van der Waals surface area contributed by atoms with Crippen molar-refractivity contribution in [2.45, 2.75) is 262 Å². The summed E-state index contributed by atoms with van der Waals surface area (Å²) < 4.78 is 23.5. The van der Waals surface area contributed by atoms with E-state index in [0.717, 1.165) is 123 Å². The van der Waals surface area contributed by atoms with E-state index in [-0.39, 0.29) is 17.8 Å². The van der Waals surface area contributed by atoms with Crippen LogP contribution in [0.3, 0.4) is 0 Å². The smallest absolute Gasteiger partial charge is 0.103 e. The van der Waals surface area contributed by atoms with Gasteiger partial charge in [-0.3, -0.25) is 0 Å². The summed E-state index contributed by atoms with van der Waals surface area (Å²) in [6.45, 7) is 33.1. The molecular formula is C58H112FNO5. The van der Waals surface area contributed by atoms with Gasteiger partial charge in [0, 0.05) is 20.1 Å². The van der Waals surface area contributed by atoms with Crippen LogP contribution in [-0.4, -0.2) is 65.7 Å². The van der Waals surface area contributed by atoms with Crippen molar-refractivity contribution in [1.82, 2.24) is 0 Å². The lowest BCUT2D eigenvalue weighted by Gasteiger charge is -2.43. The third kappa shape index (κ3) is 24.1. The van der Waals surface area contributed by atoms with E-state index in [2.05, 4.69) is 103 Å². The Kier molecular flexibility index (Phi) is 30.8. The van der Waals surface area contributed by atoms with Gasteiger partial charge in [0.25, 0.3) is 0 Å². The molecule has 0 spiro atoms. The fourth-order valence-electron chi connectivity index (χ4n) is 11.7. The van der Waals surface area contributed by atoms with Crippen LogP contribution in [0.4, 0.5) is 4.39 Å². The minimum atomic E-state index is -0.495. The highest BCUT2D eigenvalue weighted by Gasteiger charge is 2.39. The number of methoxy groups -OCH3 is 2. The molecule has 7 saturated carbocycles. The zero-order chi connectivity index (χ0) is 49.6. The largest absolute Gasteiger partial charge is 0.393 e. The monoisotopic (exact) mass is 922 g/mol. The van der Waals surface area contributed by atoms with Crippen LogP contribution in [0.15, 0.2) is 0 Å². The molecule has 0 heterocycles. The third-order valence-electron chi connectivity index (χ3n) is 17.1. The van der Waals surface area contributed by atoms with E-state index in [1.807, 2.05) is 21.1 Å². The number of aliphatic hydroxyl groups excluding tert-OH is 2. The summed E-state index contributed by atoms with van der Waals surface area (Å²) >= 11 is 0. The first-order valence-electron chi connectivity index (χ1n) is 27.5. The molecule has 0 amide bonds. The van der Waals surface area contributed by atoms with E-state index in [1.165, 1.54) is 57.8 Å². The summed E-state index contributed by atoms with van der Waals surface area (Å²) in [6, 6.07) is 2.35. The molecule has 65 heavy (non-hydrogen) atoms. The molecule has 10 atom stereocenters. The van der Waals surface area contributed by atoms with Gasteiger partial charge in [-0.05, 0) is 193 Å². The Morgan fingerprint density at radius 1 is 0.508 bits per heavy atom. The van der Waals surface area contributed by atoms with Crippen LogP contribution in [-0.2, 0) is 9.47 Å². The van der Waals surface area contributed by atoms with Crippen molar-refractivity contribution in [3.05, 3.63) is 0 Å². The molecule has 6 nitrogen and oxygen atoms in total. The number of nitriles is 1. The van der Waals surface area contributed by atoms with Gasteiger partial charge < -0.3 is 24.8 Å². The molecule has 7 rings (SSSR count). The third-order valence-corrected chi connectivity index (χ3v) is 17.1. The molecule has 10 unspecified atom stereocenters. The number of alkyl halides is 1. The quantitative estimate of drug-likeness (QED) is 0.213. The summed E-state index contributed by atoms with van der Waals surface area (Å²) in [7, 11) is 3.67. The van der Waals surface area contributed by atoms with Crippen LogP contribution in [0.1, 0.15) is 226 Å². The first-order valence-corrected chi connectivity index (χ1v) is 27.5. The fourth-order valence-corrected chi connectivity index (χ4v) is 11.7. The summed E-state index contributed by atoms with van der Waals surface area (Å²) in [5.41, 5.74) is -0.324. The highest BCUT2D eigenvalue weighted by molar-refractivity contribution is 4.92. The van der Waals surface area contributed by atoms with Crippen molar-refractivity contribution in [2.24, 2.45) is 88.8 Å². The van der Waals surface area contributed by atoms with Gasteiger partial charge in [0.05, 0.1) is 36.1 Å². The lowest BCUT2D eigenvalue weighted by atomic mass is 9.67. The second-order valence-corrected chi connectivity index (χ2v) is 24.7. The Morgan fingerprint density at radius 3 is 1.22 bits per heavy atom. The molecule has 7 heteroatoms. The standard InChI is InChI=1S/C9H15N.2C9H18O.C8H15F.2C8H16O.C7H14O/c1-7(2)9-4-3-8(5-9)6-10;1-7(2)8-4-5-9(6-8)10-3;1-7(2)8-5-4-6-9(8)10-3;1-6(2)7-4-3-5-8(7)9;1-6(2)7-4-8(3,9)5-7;1-6(2)7-4-3-5-8(7)9;1-5(2)6-3-7(8)4-6/h7-9H,3-5H2,1-2H3;2*7-9H,4-6H2,1-3H3;6-8H,3-5H2,1-2H3;6-7,9H,4-5H2,1-3H3;6-9H,3-5H2,1-2H3;5-8H,3-4H2,1-2H3. The average molecular weight is 923 g/mol. The minimum Gasteiger partial charge on any atom is -0.393 e. The van der Waals surface area contributed by atoms with Crippen molar-refractivity contribution < 1.29 is 29.2 Å². The van der Waals surface area contributed by atoms with Gasteiger partial charge in [0.1, 0.15) is 6.17 Å². The predicted molar refractivity (Wildman–Crippen MR) is 274 cm³/mol. The number of halogens is 1. The van der Waals surface area contributed by atoms with Gasteiger partial charge in [-0.1, -0.05) is 116 Å². The number of ether oxygens (including phenoxy) is 2. The normalized spacial score (nSPS) is 35.9. The molecule has 7 aliphatic carbocycles. The van der Waals surface area contributed by atoms with Gasteiger partial charge >= 0.3 is 0 Å². The topological polar surface area (TPSA) is 103 Å². The Bertz CT molecular complexity index is 1190. The lowest BCUT2D eigenvalue weighted by molar-refractivity contribution is -0.0713. The zero-order valence-corrected chi connectivity index (χ0v) is 46.0. The molecule has 0 aromatic carbocycles. The maximum atomic E-state index is 12.8. The van der Waals surface area contributed by atoms with E-state index in [4.69, 9.17) is 19.8 Å². The van der Waals surface area contributed by atoms with Crippen LogP contribution in [0.25, 0.3) is 0 Å². The number of rotatable bonds is 9. The Morgan fingerprint density at radius 2 is 0.969 bits per heavy atom. The Labute approximate surface area is 404 Å². The molecule has 0 saturated heterocycles. The first kappa shape index (κ1) is 62.2. The van der Waals surface area contributed by atoms with Gasteiger partial charge in [0.15, 0.2) is 0 Å². The summed E-state index contributed by atoms with van der Waals surface area (Å²) in [5.74, 6) is 10.6. The van der Waals surface area contributed by atoms with Crippen molar-refractivity contribution in [1.29, 1.82) is 5.26 Å². The minimum absolute atomic E-state index is 0.00463. The second-order valence-electron chi connectivity index (χ2n) is 24.7. The molecule has 386 valence electrons. The average Bonchev–Trinajstić information content (AvgIpc) is 4.07. The predicted octanol–water partition coefficient (Wildman–Crippen LogP) is 15.3. The molecule has 7 fully saturated rings. The van der Waals surface area contributed by atoms with Crippen molar-refractivity contribution in [2.75, 3.05) is 14.2 Å². The lowest BCUT2D eigenvalue weighted by Crippen LogP contribution is -2.42. The zero-order valence-electron chi connectivity index (χ0n) is 46.0. The van der Waals surface area contributed by atoms with Gasteiger partial charge in [0.2, 0.25) is 0 Å². The molecule has 7 aliphatic rings. The molecule has 0 radical (unpaired) electrons. The van der Waals surface area contributed by atoms with Gasteiger partial charge in [-0.25, -0.2) is 4.39 Å². The van der Waals surface area contributed by atoms with Gasteiger partial charge in [-0.15, -0.1) is 0 Å². The number of hydrogen-bond acceptors (Lipinski definition) is 6. The highest BCUT2D eigenvalue weighted by Crippen LogP contribution is 2.42. The van der Waals surface area contributed by atoms with E-state index >= 15 is 0 Å². The van der Waals surface area contributed by atoms with Gasteiger partial charge in [-0.2, -0.15) is 5.26 Å². The first-order chi connectivity index (χ1) is 30.4. The summed E-state index contributed by atoms with van der Waals surface area (Å²) in [4.78, 5) is 0. The van der Waals surface area contributed by atoms with E-state index in [9.17, 15) is 14.6 Å². The van der Waals surface area contributed by atoms with Crippen LogP contribution in [0.2, 0.25) is 0 Å². The maximum Gasteiger partial charge on any atom is 0.103 e. The molecule has 0 aromatic heterocycles. The highest BCUT2D eigenvalue weighted by atomic mass is 19.1. The molecule has 3 N–H and O–H groups in total. The molecule has 0 aliphatic heterocycles. The SMILES string of the molecule is CC(C)C1CC(C)(O)C1.CC(C)C1CC(O)C1.CC(C)C1CCC(C#N)C1.CC(C)C1CCCC1F.CC(C)C1CCCC1O.COC1CCC(C(C)C)C1.COC1CCCC1C(C)C. The van der Waals surface area contributed by atoms with E-state index in [0.29, 0.717) is 41.8 Å². The summed E-state index contributed by atoms with van der Waals surface area (Å²) in [6.07, 6.45) is 22.8. The van der Waals surface area contributed by atoms with Crippen LogP contribution in [0, 0.1) is 100 Å². The number of hydrogen-bond donors (Lipinski definition) is 3. The summed E-state index contributed by atoms with van der Waals surface area (Å²) in [5, 5.41) is 36.2. The van der Waals surface area contributed by atoms with Crippen LogP contribution < -0.4 is 0 Å². The molecule has 0 aromatic rings. The number of nitrogens with zero attached hydrogens (tertiary/aromatic N) is 1. The van der Waals surface area contributed by atoms with E-state index < -0.39 is 6.17 Å². The number of aliphatic hydroxyl groups is 3. The second kappa shape index (κ2) is 32.2. The fraction of sp³-hybridized carbons (Fsp3) is 0.983. The van der Waals surface area contributed by atoms with Crippen LogP contribution in [0.5, 0.6) is 0 Å². The maximum absolute atomic E-state index is 12.8. The molecule has 0 bridgehead atoms. The van der Waals surface area contributed by atoms with Crippen LogP contribution >= 0.6 is 0 Å². The van der Waals surface area contributed by atoms with Crippen molar-refractivity contribution in [3.8, 4) is 6.07 Å². The molecular weight excluding hydrogens is 810 g/mol. The van der Waals surface area contributed by atoms with Crippen molar-refractivity contribution in [3.63, 3.8) is 0 Å². The van der Waals surface area contributed by atoms with E-state index in [1.54, 1.807) is 0 Å². The Balaban J connectivity index is 0.000000380.